The standard InChI is InChI=1S/C16H15FN2/c1-16(2,11-17)15-5-3-13(4-6-15)14-7-12(8-18)9-19-10-14/h3-7,9-10H,11H2,1-2H3. The molecule has 0 fully saturated rings. The van der Waals surface area contributed by atoms with Crippen molar-refractivity contribution in [2.24, 2.45) is 0 Å². The van der Waals surface area contributed by atoms with E-state index < -0.39 is 12.1 Å². The van der Waals surface area contributed by atoms with Crippen LogP contribution in [0.15, 0.2) is 42.7 Å². The molecule has 0 bridgehead atoms. The number of hydrogen-bond donors (Lipinski definition) is 0. The van der Waals surface area contributed by atoms with Gasteiger partial charge in [0.15, 0.2) is 0 Å². The second-order valence-corrected chi connectivity index (χ2v) is 5.17. The normalized spacial score (nSPS) is 11.1. The summed E-state index contributed by atoms with van der Waals surface area (Å²) in [4.78, 5) is 4.04. The van der Waals surface area contributed by atoms with Crippen molar-refractivity contribution in [1.29, 1.82) is 5.26 Å². The average molecular weight is 254 g/mol. The summed E-state index contributed by atoms with van der Waals surface area (Å²) >= 11 is 0. The summed E-state index contributed by atoms with van der Waals surface area (Å²) < 4.78 is 12.9. The average Bonchev–Trinajstić information content (AvgIpc) is 2.47. The highest BCUT2D eigenvalue weighted by molar-refractivity contribution is 5.64. The highest BCUT2D eigenvalue weighted by Gasteiger charge is 2.19. The minimum atomic E-state index is -0.467. The third-order valence-corrected chi connectivity index (χ3v) is 3.20. The number of hydrogen-bond acceptors (Lipinski definition) is 2. The van der Waals surface area contributed by atoms with Crippen LogP contribution in [0.1, 0.15) is 25.0 Å². The zero-order valence-corrected chi connectivity index (χ0v) is 11.0. The quantitative estimate of drug-likeness (QED) is 0.833. The van der Waals surface area contributed by atoms with Crippen LogP contribution >= 0.6 is 0 Å². The minimum absolute atomic E-state index is 0.391. The lowest BCUT2D eigenvalue weighted by atomic mass is 9.85. The van der Waals surface area contributed by atoms with Crippen molar-refractivity contribution in [3.63, 3.8) is 0 Å². The number of aromatic nitrogens is 1. The number of rotatable bonds is 3. The van der Waals surface area contributed by atoms with Crippen molar-refractivity contribution in [2.75, 3.05) is 6.67 Å². The first-order valence-corrected chi connectivity index (χ1v) is 6.09. The van der Waals surface area contributed by atoms with Crippen molar-refractivity contribution >= 4 is 0 Å². The molecule has 1 aromatic heterocycles. The van der Waals surface area contributed by atoms with E-state index in [0.717, 1.165) is 16.7 Å². The lowest BCUT2D eigenvalue weighted by Gasteiger charge is -2.21. The molecule has 1 heterocycles. The molecule has 0 radical (unpaired) electrons. The van der Waals surface area contributed by atoms with Crippen LogP contribution in [0, 0.1) is 11.3 Å². The molecule has 0 saturated carbocycles. The Morgan fingerprint density at radius 1 is 1.16 bits per heavy atom. The van der Waals surface area contributed by atoms with Crippen molar-refractivity contribution in [2.45, 2.75) is 19.3 Å². The van der Waals surface area contributed by atoms with Gasteiger partial charge in [-0.25, -0.2) is 0 Å². The fourth-order valence-corrected chi connectivity index (χ4v) is 1.85. The molecule has 2 aromatic rings. The Morgan fingerprint density at radius 2 is 1.84 bits per heavy atom. The summed E-state index contributed by atoms with van der Waals surface area (Å²) in [6, 6.07) is 11.6. The van der Waals surface area contributed by atoms with Gasteiger partial charge in [0, 0.05) is 23.4 Å². The number of nitrogens with zero attached hydrogens (tertiary/aromatic N) is 2. The first-order valence-electron chi connectivity index (χ1n) is 6.09. The van der Waals surface area contributed by atoms with Crippen molar-refractivity contribution in [3.8, 4) is 17.2 Å². The van der Waals surface area contributed by atoms with Gasteiger partial charge in [-0.2, -0.15) is 5.26 Å². The van der Waals surface area contributed by atoms with E-state index in [4.69, 9.17) is 5.26 Å². The Morgan fingerprint density at radius 3 is 2.42 bits per heavy atom. The van der Waals surface area contributed by atoms with Crippen LogP contribution in [0.2, 0.25) is 0 Å². The molecule has 2 nitrogen and oxygen atoms in total. The van der Waals surface area contributed by atoms with E-state index in [0.29, 0.717) is 5.56 Å². The van der Waals surface area contributed by atoms with Gasteiger partial charge < -0.3 is 0 Å². The lowest BCUT2D eigenvalue weighted by Crippen LogP contribution is -2.19. The van der Waals surface area contributed by atoms with E-state index in [1.165, 1.54) is 6.20 Å². The number of halogens is 1. The maximum Gasteiger partial charge on any atom is 0.101 e. The summed E-state index contributed by atoms with van der Waals surface area (Å²) in [7, 11) is 0. The largest absolute Gasteiger partial charge is 0.263 e. The van der Waals surface area contributed by atoms with Crippen LogP contribution in [0.5, 0.6) is 0 Å². The Labute approximate surface area is 112 Å². The van der Waals surface area contributed by atoms with Crippen molar-refractivity contribution in [1.82, 2.24) is 4.98 Å². The summed E-state index contributed by atoms with van der Waals surface area (Å²) in [5.74, 6) is 0. The molecule has 0 atom stereocenters. The molecule has 0 amide bonds. The first kappa shape index (κ1) is 13.2. The Kier molecular flexibility index (Phi) is 3.62. The van der Waals surface area contributed by atoms with E-state index >= 15 is 0 Å². The monoisotopic (exact) mass is 254 g/mol. The van der Waals surface area contributed by atoms with Crippen LogP contribution in [0.25, 0.3) is 11.1 Å². The fraction of sp³-hybridized carbons (Fsp3) is 0.250. The molecule has 2 rings (SSSR count). The Bertz CT molecular complexity index is 609. The molecule has 3 heteroatoms. The smallest absolute Gasteiger partial charge is 0.101 e. The van der Waals surface area contributed by atoms with Gasteiger partial charge in [0.25, 0.3) is 0 Å². The van der Waals surface area contributed by atoms with Gasteiger partial charge in [-0.3, -0.25) is 9.37 Å². The summed E-state index contributed by atoms with van der Waals surface area (Å²) in [6.07, 6.45) is 3.25. The summed E-state index contributed by atoms with van der Waals surface area (Å²) in [5.41, 5.74) is 2.89. The molecule has 0 N–H and O–H groups in total. The minimum Gasteiger partial charge on any atom is -0.263 e. The van der Waals surface area contributed by atoms with E-state index in [-0.39, 0.29) is 0 Å². The molecule has 0 unspecified atom stereocenters. The highest BCUT2D eigenvalue weighted by atomic mass is 19.1. The van der Waals surface area contributed by atoms with Gasteiger partial charge in [-0.1, -0.05) is 38.1 Å². The second-order valence-electron chi connectivity index (χ2n) is 5.17. The van der Waals surface area contributed by atoms with E-state index in [1.54, 1.807) is 12.3 Å². The second kappa shape index (κ2) is 5.19. The number of nitriles is 1. The van der Waals surface area contributed by atoms with Gasteiger partial charge in [-0.05, 0) is 17.2 Å². The zero-order valence-electron chi connectivity index (χ0n) is 11.0. The third-order valence-electron chi connectivity index (χ3n) is 3.20. The predicted octanol–water partition coefficient (Wildman–Crippen LogP) is 3.87. The molecular formula is C16H15FN2. The molecule has 19 heavy (non-hydrogen) atoms. The molecule has 0 aliphatic carbocycles. The third kappa shape index (κ3) is 2.79. The van der Waals surface area contributed by atoms with Crippen LogP contribution < -0.4 is 0 Å². The molecule has 0 spiro atoms. The van der Waals surface area contributed by atoms with Crippen LogP contribution in [0.4, 0.5) is 4.39 Å². The lowest BCUT2D eigenvalue weighted by molar-refractivity contribution is 0.351. The predicted molar refractivity (Wildman–Crippen MR) is 73.4 cm³/mol. The van der Waals surface area contributed by atoms with Crippen LogP contribution in [-0.4, -0.2) is 11.7 Å². The number of alkyl halides is 1. The first-order chi connectivity index (χ1) is 9.06. The number of benzene rings is 1. The molecule has 0 saturated heterocycles. The SMILES string of the molecule is CC(C)(CF)c1ccc(-c2cncc(C#N)c2)cc1. The van der Waals surface area contributed by atoms with Gasteiger partial charge in [0.1, 0.15) is 6.07 Å². The van der Waals surface area contributed by atoms with Crippen LogP contribution in [-0.2, 0) is 5.41 Å². The summed E-state index contributed by atoms with van der Waals surface area (Å²) in [6.45, 7) is 3.36. The zero-order chi connectivity index (χ0) is 13.9. The van der Waals surface area contributed by atoms with E-state index in [9.17, 15) is 4.39 Å². The van der Waals surface area contributed by atoms with Gasteiger partial charge >= 0.3 is 0 Å². The van der Waals surface area contributed by atoms with Gasteiger partial charge in [0.05, 0.1) is 12.2 Å². The molecule has 1 aromatic carbocycles. The Hall–Kier alpha value is -2.21. The number of pyridine rings is 1. The summed E-state index contributed by atoms with van der Waals surface area (Å²) in [5, 5.41) is 8.86. The van der Waals surface area contributed by atoms with Crippen molar-refractivity contribution < 1.29 is 4.39 Å². The van der Waals surface area contributed by atoms with Crippen molar-refractivity contribution in [3.05, 3.63) is 53.9 Å². The van der Waals surface area contributed by atoms with E-state index in [2.05, 4.69) is 11.1 Å². The fourth-order valence-electron chi connectivity index (χ4n) is 1.85. The van der Waals surface area contributed by atoms with Crippen LogP contribution in [0.3, 0.4) is 0 Å². The maximum absolute atomic E-state index is 12.9. The molecule has 0 aliphatic rings. The Balaban J connectivity index is 2.35. The molecule has 0 aliphatic heterocycles. The molecular weight excluding hydrogens is 239 g/mol. The topological polar surface area (TPSA) is 36.7 Å². The maximum atomic E-state index is 12.9. The van der Waals surface area contributed by atoms with E-state index in [1.807, 2.05) is 38.1 Å². The highest BCUT2D eigenvalue weighted by Crippen LogP contribution is 2.27. The van der Waals surface area contributed by atoms with Gasteiger partial charge in [-0.15, -0.1) is 0 Å². The van der Waals surface area contributed by atoms with Gasteiger partial charge in [0.2, 0.25) is 0 Å². The molecule has 96 valence electrons.